The number of aromatic hydroxyl groups is 1. The van der Waals surface area contributed by atoms with Gasteiger partial charge >= 0.3 is 0 Å². The predicted octanol–water partition coefficient (Wildman–Crippen LogP) is 3.08. The molecule has 3 N–H and O–H groups in total. The molecule has 132 valence electrons. The molecule has 2 aromatic rings. The fraction of sp³-hybridized carbons (Fsp3) is 0.0667. The van der Waals surface area contributed by atoms with E-state index in [4.69, 9.17) is 12.2 Å². The number of hydrogen-bond donors (Lipinski definition) is 3. The molecule has 0 atom stereocenters. The Morgan fingerprint density at radius 2 is 1.64 bits per heavy atom. The summed E-state index contributed by atoms with van der Waals surface area (Å²) in [6.45, 7) is 0. The summed E-state index contributed by atoms with van der Waals surface area (Å²) in [5.41, 5.74) is -1.40. The summed E-state index contributed by atoms with van der Waals surface area (Å²) < 4.78 is 59.2. The van der Waals surface area contributed by atoms with Crippen LogP contribution in [0.1, 0.15) is 10.4 Å². The van der Waals surface area contributed by atoms with Crippen molar-refractivity contribution in [3.05, 3.63) is 53.1 Å². The molecule has 0 aliphatic heterocycles. The van der Waals surface area contributed by atoms with Crippen LogP contribution in [0.25, 0.3) is 0 Å². The van der Waals surface area contributed by atoms with Gasteiger partial charge in [0.15, 0.2) is 22.5 Å². The highest BCUT2D eigenvalue weighted by Crippen LogP contribution is 2.29. The number of ether oxygens (including phenoxy) is 1. The van der Waals surface area contributed by atoms with E-state index in [1.807, 2.05) is 5.32 Å². The molecule has 0 saturated heterocycles. The minimum absolute atomic E-state index is 0.0980. The van der Waals surface area contributed by atoms with E-state index in [0.29, 0.717) is 0 Å². The third-order valence-corrected chi connectivity index (χ3v) is 3.24. The van der Waals surface area contributed by atoms with Crippen LogP contribution in [0, 0.1) is 23.3 Å². The summed E-state index contributed by atoms with van der Waals surface area (Å²) >= 11 is 4.76. The average Bonchev–Trinajstić information content (AvgIpc) is 2.56. The number of carbonyl (C=O) groups excluding carboxylic acids is 1. The molecule has 2 rings (SSSR count). The zero-order chi connectivity index (χ0) is 18.7. The van der Waals surface area contributed by atoms with Crippen molar-refractivity contribution in [1.29, 1.82) is 0 Å². The summed E-state index contributed by atoms with van der Waals surface area (Å²) in [6, 6.07) is 5.79. The molecule has 1 amide bonds. The lowest BCUT2D eigenvalue weighted by atomic mass is 10.1. The van der Waals surface area contributed by atoms with Crippen molar-refractivity contribution in [1.82, 2.24) is 5.32 Å². The van der Waals surface area contributed by atoms with E-state index < -0.39 is 45.6 Å². The second kappa shape index (κ2) is 7.34. The fourth-order valence-electron chi connectivity index (χ4n) is 1.89. The number of para-hydroxylation sites is 2. The van der Waals surface area contributed by atoms with Crippen molar-refractivity contribution in [2.45, 2.75) is 0 Å². The molecule has 0 spiro atoms. The van der Waals surface area contributed by atoms with Crippen LogP contribution < -0.4 is 15.4 Å². The van der Waals surface area contributed by atoms with Crippen LogP contribution >= 0.6 is 12.2 Å². The first kappa shape index (κ1) is 18.5. The number of phenolic OH excluding ortho intramolecular Hbond substituents is 1. The van der Waals surface area contributed by atoms with Gasteiger partial charge in [0.05, 0.1) is 12.8 Å². The van der Waals surface area contributed by atoms with E-state index in [9.17, 15) is 27.5 Å². The average molecular weight is 374 g/mol. The zero-order valence-electron chi connectivity index (χ0n) is 12.5. The highest BCUT2D eigenvalue weighted by Gasteiger charge is 2.30. The Morgan fingerprint density at radius 1 is 1.08 bits per heavy atom. The number of benzene rings is 2. The highest BCUT2D eigenvalue weighted by molar-refractivity contribution is 7.80. The Bertz CT molecular complexity index is 832. The van der Waals surface area contributed by atoms with Gasteiger partial charge in [-0.05, 0) is 24.4 Å². The molecular formula is C15H10F4N2O3S. The van der Waals surface area contributed by atoms with Gasteiger partial charge in [-0.2, -0.15) is 8.78 Å². The minimum Gasteiger partial charge on any atom is -0.506 e. The van der Waals surface area contributed by atoms with Gasteiger partial charge in [0.2, 0.25) is 11.6 Å². The van der Waals surface area contributed by atoms with Crippen molar-refractivity contribution in [3.63, 3.8) is 0 Å². The summed E-state index contributed by atoms with van der Waals surface area (Å²) in [6.07, 6.45) is 0. The summed E-state index contributed by atoms with van der Waals surface area (Å²) in [4.78, 5) is 11.9. The van der Waals surface area contributed by atoms with Gasteiger partial charge in [0.1, 0.15) is 11.3 Å². The smallest absolute Gasteiger partial charge is 0.263 e. The zero-order valence-corrected chi connectivity index (χ0v) is 13.3. The van der Waals surface area contributed by atoms with Gasteiger partial charge < -0.3 is 15.2 Å². The van der Waals surface area contributed by atoms with E-state index in [0.717, 1.165) is 7.11 Å². The van der Waals surface area contributed by atoms with Crippen molar-refractivity contribution in [2.24, 2.45) is 0 Å². The Balaban J connectivity index is 2.27. The Labute approximate surface area is 144 Å². The summed E-state index contributed by atoms with van der Waals surface area (Å²) in [5, 5.41) is 13.4. The van der Waals surface area contributed by atoms with Gasteiger partial charge in [0, 0.05) is 0 Å². The number of methoxy groups -OCH3 is 1. The first-order valence-electron chi connectivity index (χ1n) is 6.58. The molecule has 5 nitrogen and oxygen atoms in total. The minimum atomic E-state index is -1.93. The number of phenols is 1. The van der Waals surface area contributed by atoms with Crippen LogP contribution in [-0.4, -0.2) is 23.2 Å². The normalized spacial score (nSPS) is 10.3. The summed E-state index contributed by atoms with van der Waals surface area (Å²) in [7, 11) is 0.811. The third-order valence-electron chi connectivity index (χ3n) is 3.03. The second-order valence-corrected chi connectivity index (χ2v) is 5.00. The molecule has 0 aromatic heterocycles. The predicted molar refractivity (Wildman–Crippen MR) is 84.6 cm³/mol. The van der Waals surface area contributed by atoms with E-state index >= 15 is 0 Å². The first-order chi connectivity index (χ1) is 11.8. The van der Waals surface area contributed by atoms with E-state index in [-0.39, 0.29) is 11.4 Å². The van der Waals surface area contributed by atoms with Crippen LogP contribution in [-0.2, 0) is 0 Å². The van der Waals surface area contributed by atoms with Crippen molar-refractivity contribution in [2.75, 3.05) is 12.4 Å². The molecule has 0 heterocycles. The van der Waals surface area contributed by atoms with Gasteiger partial charge in [-0.3, -0.25) is 10.1 Å². The maximum Gasteiger partial charge on any atom is 0.263 e. The van der Waals surface area contributed by atoms with Crippen LogP contribution in [0.4, 0.5) is 23.2 Å². The van der Waals surface area contributed by atoms with E-state index in [2.05, 4.69) is 10.1 Å². The number of halogens is 4. The molecule has 0 aliphatic rings. The number of rotatable bonds is 3. The third kappa shape index (κ3) is 3.63. The van der Waals surface area contributed by atoms with Crippen molar-refractivity contribution in [3.8, 4) is 11.5 Å². The Kier molecular flexibility index (Phi) is 5.42. The molecule has 10 heteroatoms. The molecule has 25 heavy (non-hydrogen) atoms. The lowest BCUT2D eigenvalue weighted by Gasteiger charge is -2.13. The highest BCUT2D eigenvalue weighted by atomic mass is 32.1. The van der Waals surface area contributed by atoms with Crippen molar-refractivity contribution >= 4 is 28.9 Å². The SMILES string of the molecule is COc1c(F)c(F)c(C(=O)NC(=S)Nc2ccccc2O)c(F)c1F. The number of anilines is 1. The molecule has 0 bridgehead atoms. The number of thiocarbonyl (C=S) groups is 1. The molecule has 2 aromatic carbocycles. The molecular weight excluding hydrogens is 364 g/mol. The van der Waals surface area contributed by atoms with Gasteiger partial charge in [-0.25, -0.2) is 8.78 Å². The monoisotopic (exact) mass is 374 g/mol. The van der Waals surface area contributed by atoms with Gasteiger partial charge in [-0.15, -0.1) is 0 Å². The Hall–Kier alpha value is -2.88. The maximum absolute atomic E-state index is 13.9. The number of amides is 1. The molecule has 0 radical (unpaired) electrons. The van der Waals surface area contributed by atoms with Crippen molar-refractivity contribution < 1.29 is 32.2 Å². The van der Waals surface area contributed by atoms with Crippen LogP contribution in [0.3, 0.4) is 0 Å². The first-order valence-corrected chi connectivity index (χ1v) is 6.99. The second-order valence-electron chi connectivity index (χ2n) is 4.59. The lowest BCUT2D eigenvalue weighted by molar-refractivity contribution is 0.0966. The van der Waals surface area contributed by atoms with Crippen LogP contribution in [0.5, 0.6) is 11.5 Å². The van der Waals surface area contributed by atoms with Gasteiger partial charge in [0.25, 0.3) is 5.91 Å². The largest absolute Gasteiger partial charge is 0.506 e. The maximum atomic E-state index is 13.9. The molecule has 0 unspecified atom stereocenters. The summed E-state index contributed by atoms with van der Waals surface area (Å²) in [5.74, 6) is -10.6. The number of carbonyl (C=O) groups is 1. The van der Waals surface area contributed by atoms with E-state index in [1.165, 1.54) is 18.2 Å². The lowest BCUT2D eigenvalue weighted by Crippen LogP contribution is -2.35. The molecule has 0 saturated carbocycles. The quantitative estimate of drug-likeness (QED) is 0.333. The number of nitrogens with one attached hydrogen (secondary N) is 2. The standard InChI is InChI=1S/C15H10F4N2O3S/c1-24-13-11(18)9(16)8(10(17)12(13)19)14(23)21-15(25)20-6-4-2-3-5-7(6)22/h2-5,22H,1H3,(H2,20,21,23,25). The topological polar surface area (TPSA) is 70.6 Å². The van der Waals surface area contributed by atoms with Crippen LogP contribution in [0.15, 0.2) is 24.3 Å². The van der Waals surface area contributed by atoms with Crippen LogP contribution in [0.2, 0.25) is 0 Å². The fourth-order valence-corrected chi connectivity index (χ4v) is 2.09. The molecule has 0 aliphatic carbocycles. The van der Waals surface area contributed by atoms with Gasteiger partial charge in [-0.1, -0.05) is 12.1 Å². The Morgan fingerprint density at radius 3 is 2.16 bits per heavy atom. The molecule has 0 fully saturated rings. The number of hydrogen-bond acceptors (Lipinski definition) is 4. The van der Waals surface area contributed by atoms with E-state index in [1.54, 1.807) is 6.07 Å².